The van der Waals surface area contributed by atoms with Crippen LogP contribution in [0.5, 0.6) is 0 Å². The van der Waals surface area contributed by atoms with Crippen molar-refractivity contribution in [1.29, 1.82) is 0 Å². The molecule has 0 radical (unpaired) electrons. The SMILES string of the molecule is CCCCC(C(N)=O)N1C(=O)SC(=C2CCN(C(=O)c3ccccc3C(F)(F)F)CC2)C1=O. The van der Waals surface area contributed by atoms with Gasteiger partial charge in [-0.15, -0.1) is 0 Å². The fourth-order valence-corrected chi connectivity index (χ4v) is 4.97. The third-order valence-electron chi connectivity index (χ3n) is 5.71. The summed E-state index contributed by atoms with van der Waals surface area (Å²) in [5.41, 5.74) is 4.65. The fourth-order valence-electron chi connectivity index (χ4n) is 3.95. The molecule has 0 aliphatic carbocycles. The summed E-state index contributed by atoms with van der Waals surface area (Å²) >= 11 is 0.736. The van der Waals surface area contributed by atoms with Crippen LogP contribution in [0.15, 0.2) is 34.7 Å². The average molecular weight is 484 g/mol. The van der Waals surface area contributed by atoms with Gasteiger partial charge in [0.15, 0.2) is 0 Å². The highest BCUT2D eigenvalue weighted by atomic mass is 32.2. The number of unbranched alkanes of at least 4 members (excludes halogenated alkanes) is 1. The second kappa shape index (κ2) is 9.98. The van der Waals surface area contributed by atoms with Crippen LogP contribution in [0.2, 0.25) is 0 Å². The first-order valence-electron chi connectivity index (χ1n) is 10.6. The Morgan fingerprint density at radius 2 is 1.79 bits per heavy atom. The van der Waals surface area contributed by atoms with Gasteiger partial charge in [-0.25, -0.2) is 0 Å². The minimum absolute atomic E-state index is 0.112. The minimum atomic E-state index is -4.65. The molecule has 1 aromatic carbocycles. The molecule has 11 heteroatoms. The molecule has 1 unspecified atom stereocenters. The molecule has 0 bridgehead atoms. The van der Waals surface area contributed by atoms with Crippen LogP contribution < -0.4 is 5.73 Å². The van der Waals surface area contributed by atoms with E-state index in [1.807, 2.05) is 6.92 Å². The topological polar surface area (TPSA) is 101 Å². The minimum Gasteiger partial charge on any atom is -0.368 e. The van der Waals surface area contributed by atoms with Crippen molar-refractivity contribution in [2.75, 3.05) is 13.1 Å². The Balaban J connectivity index is 1.75. The number of nitrogens with two attached hydrogens (primary N) is 1. The summed E-state index contributed by atoms with van der Waals surface area (Å²) in [5, 5.41) is -0.569. The molecule has 2 fully saturated rings. The van der Waals surface area contributed by atoms with Crippen molar-refractivity contribution >= 4 is 34.7 Å². The predicted octanol–water partition coefficient (Wildman–Crippen LogP) is 3.94. The Bertz CT molecular complexity index is 999. The summed E-state index contributed by atoms with van der Waals surface area (Å²) in [6.07, 6.45) is -2.50. The van der Waals surface area contributed by atoms with Crippen LogP contribution in [0, 0.1) is 0 Å². The van der Waals surface area contributed by atoms with Crippen LogP contribution in [0.3, 0.4) is 0 Å². The highest BCUT2D eigenvalue weighted by Gasteiger charge is 2.43. The number of carbonyl (C=O) groups is 4. The number of benzene rings is 1. The van der Waals surface area contributed by atoms with E-state index >= 15 is 0 Å². The molecule has 33 heavy (non-hydrogen) atoms. The molecule has 3 rings (SSSR count). The second-order valence-corrected chi connectivity index (χ2v) is 8.83. The monoisotopic (exact) mass is 483 g/mol. The molecule has 0 spiro atoms. The lowest BCUT2D eigenvalue weighted by atomic mass is 10.00. The van der Waals surface area contributed by atoms with Crippen molar-refractivity contribution in [2.24, 2.45) is 5.73 Å². The smallest absolute Gasteiger partial charge is 0.368 e. The molecule has 0 saturated carbocycles. The van der Waals surface area contributed by atoms with E-state index in [2.05, 4.69) is 0 Å². The first-order valence-corrected chi connectivity index (χ1v) is 11.4. The van der Waals surface area contributed by atoms with Gasteiger partial charge in [-0.1, -0.05) is 31.9 Å². The molecule has 2 saturated heterocycles. The highest BCUT2D eigenvalue weighted by Crippen LogP contribution is 2.39. The number of hydrogen-bond acceptors (Lipinski definition) is 5. The van der Waals surface area contributed by atoms with E-state index in [0.717, 1.165) is 35.2 Å². The van der Waals surface area contributed by atoms with Crippen molar-refractivity contribution < 1.29 is 32.3 Å². The molecule has 1 aromatic rings. The molecule has 4 amide bonds. The normalized spacial score (nSPS) is 18.2. The summed E-state index contributed by atoms with van der Waals surface area (Å²) in [7, 11) is 0. The van der Waals surface area contributed by atoms with Crippen LogP contribution in [0.25, 0.3) is 0 Å². The Labute approximate surface area is 193 Å². The number of amides is 4. The molecule has 2 aliphatic heterocycles. The second-order valence-electron chi connectivity index (χ2n) is 7.87. The lowest BCUT2D eigenvalue weighted by Gasteiger charge is -2.30. The van der Waals surface area contributed by atoms with Crippen molar-refractivity contribution in [1.82, 2.24) is 9.80 Å². The van der Waals surface area contributed by atoms with Gasteiger partial charge in [-0.2, -0.15) is 13.2 Å². The number of piperidine rings is 1. The Morgan fingerprint density at radius 3 is 2.36 bits per heavy atom. The lowest BCUT2D eigenvalue weighted by molar-refractivity contribution is -0.138. The van der Waals surface area contributed by atoms with Crippen LogP contribution in [0.1, 0.15) is 54.9 Å². The van der Waals surface area contributed by atoms with Crippen LogP contribution in [-0.2, 0) is 15.8 Å². The molecular weight excluding hydrogens is 459 g/mol. The van der Waals surface area contributed by atoms with Gasteiger partial charge >= 0.3 is 6.18 Å². The van der Waals surface area contributed by atoms with Gasteiger partial charge in [-0.3, -0.25) is 24.1 Å². The molecular formula is C22H24F3N3O4S. The molecule has 7 nitrogen and oxygen atoms in total. The number of imide groups is 1. The number of rotatable bonds is 6. The van der Waals surface area contributed by atoms with E-state index in [1.54, 1.807) is 0 Å². The molecule has 2 heterocycles. The van der Waals surface area contributed by atoms with E-state index in [1.165, 1.54) is 17.0 Å². The van der Waals surface area contributed by atoms with E-state index in [9.17, 15) is 32.3 Å². The molecule has 1 atom stereocenters. The number of hydrogen-bond donors (Lipinski definition) is 1. The van der Waals surface area contributed by atoms with Gasteiger partial charge in [0, 0.05) is 13.1 Å². The molecule has 0 aromatic heterocycles. The Hall–Kier alpha value is -2.82. The zero-order chi connectivity index (χ0) is 24.3. The average Bonchev–Trinajstić information content (AvgIpc) is 3.07. The predicted molar refractivity (Wildman–Crippen MR) is 116 cm³/mol. The van der Waals surface area contributed by atoms with E-state index in [-0.39, 0.29) is 37.3 Å². The number of primary amides is 1. The molecule has 2 aliphatic rings. The number of likely N-dealkylation sites (tertiary alicyclic amines) is 1. The summed E-state index contributed by atoms with van der Waals surface area (Å²) in [6, 6.07) is 3.60. The van der Waals surface area contributed by atoms with Gasteiger partial charge in [0.05, 0.1) is 16.0 Å². The number of carbonyl (C=O) groups excluding carboxylic acids is 4. The van der Waals surface area contributed by atoms with Gasteiger partial charge in [0.25, 0.3) is 17.1 Å². The Kier molecular flexibility index (Phi) is 7.51. The largest absolute Gasteiger partial charge is 0.417 e. The maximum Gasteiger partial charge on any atom is 0.417 e. The molecule has 178 valence electrons. The first kappa shape index (κ1) is 24.8. The van der Waals surface area contributed by atoms with E-state index < -0.39 is 46.3 Å². The third-order valence-corrected chi connectivity index (χ3v) is 6.75. The van der Waals surface area contributed by atoms with Crippen LogP contribution in [0.4, 0.5) is 18.0 Å². The van der Waals surface area contributed by atoms with Gasteiger partial charge in [0.2, 0.25) is 5.91 Å². The lowest BCUT2D eigenvalue weighted by Crippen LogP contribution is -2.47. The highest BCUT2D eigenvalue weighted by molar-refractivity contribution is 8.18. The van der Waals surface area contributed by atoms with Gasteiger partial charge in [0.1, 0.15) is 6.04 Å². The van der Waals surface area contributed by atoms with E-state index in [4.69, 9.17) is 5.73 Å². The summed E-state index contributed by atoms with van der Waals surface area (Å²) in [4.78, 5) is 52.4. The van der Waals surface area contributed by atoms with Crippen molar-refractivity contribution in [3.8, 4) is 0 Å². The maximum absolute atomic E-state index is 13.3. The summed E-state index contributed by atoms with van der Waals surface area (Å²) in [6.45, 7) is 2.14. The number of nitrogens with zero attached hydrogens (tertiary/aromatic N) is 2. The van der Waals surface area contributed by atoms with Crippen molar-refractivity contribution in [3.05, 3.63) is 45.9 Å². The first-order chi connectivity index (χ1) is 15.6. The zero-order valence-corrected chi connectivity index (χ0v) is 18.8. The van der Waals surface area contributed by atoms with Crippen molar-refractivity contribution in [3.63, 3.8) is 0 Å². The quantitative estimate of drug-likeness (QED) is 0.618. The fraction of sp³-hybridized carbons (Fsp3) is 0.455. The van der Waals surface area contributed by atoms with Crippen molar-refractivity contribution in [2.45, 2.75) is 51.2 Å². The summed E-state index contributed by atoms with van der Waals surface area (Å²) in [5.74, 6) is -2.06. The molecule has 2 N–H and O–H groups in total. The number of thioether (sulfide) groups is 1. The Morgan fingerprint density at radius 1 is 1.15 bits per heavy atom. The van der Waals surface area contributed by atoms with Gasteiger partial charge < -0.3 is 10.6 Å². The van der Waals surface area contributed by atoms with E-state index in [0.29, 0.717) is 12.0 Å². The zero-order valence-electron chi connectivity index (χ0n) is 18.0. The number of halogens is 3. The maximum atomic E-state index is 13.3. The van der Waals surface area contributed by atoms with Crippen LogP contribution >= 0.6 is 11.8 Å². The summed E-state index contributed by atoms with van der Waals surface area (Å²) < 4.78 is 39.8. The standard InChI is InChI=1S/C22H24F3N3O4S/c1-2-3-8-16(18(26)29)28-20(31)17(33-21(28)32)13-9-11-27(12-10-13)19(30)14-6-4-5-7-15(14)22(23,24)25/h4-7,16H,2-3,8-12H2,1H3,(H2,26,29). The van der Waals surface area contributed by atoms with Gasteiger partial charge in [-0.05, 0) is 48.7 Å². The van der Waals surface area contributed by atoms with Crippen LogP contribution in [-0.4, -0.2) is 51.9 Å². The third kappa shape index (κ3) is 5.23. The number of alkyl halides is 3.